The van der Waals surface area contributed by atoms with Crippen LogP contribution in [0.15, 0.2) is 28.6 Å². The summed E-state index contributed by atoms with van der Waals surface area (Å²) >= 11 is 2.79. The first kappa shape index (κ1) is 18.5. The zero-order valence-corrected chi connectivity index (χ0v) is 15.9. The van der Waals surface area contributed by atoms with Crippen LogP contribution in [-0.4, -0.2) is 34.0 Å². The van der Waals surface area contributed by atoms with Gasteiger partial charge < -0.3 is 15.4 Å². The molecule has 24 heavy (non-hydrogen) atoms. The second-order valence-corrected chi connectivity index (χ2v) is 8.21. The molecule has 0 aliphatic rings. The smallest absolute Gasteiger partial charge is 0.230 e. The molecular weight excluding hydrogens is 344 g/mol. The van der Waals surface area contributed by atoms with Crippen molar-refractivity contribution >= 4 is 39.8 Å². The lowest BCUT2D eigenvalue weighted by Gasteiger charge is -2.19. The van der Waals surface area contributed by atoms with Gasteiger partial charge >= 0.3 is 0 Å². The standard InChI is InChI=1S/C16H22N4O2S2/c1-5-22-12-9-7-6-8-11(12)17-14-19-20-15(24-14)23-10-13(21)18-16(2,3)4/h6-9H,5,10H2,1-4H3,(H,17,19)(H,18,21). The molecule has 1 aromatic heterocycles. The van der Waals surface area contributed by atoms with E-state index in [9.17, 15) is 4.79 Å². The third-order valence-corrected chi connectivity index (χ3v) is 4.65. The first-order chi connectivity index (χ1) is 11.4. The SMILES string of the molecule is CCOc1ccccc1Nc1nnc(SCC(=O)NC(C)(C)C)s1. The van der Waals surface area contributed by atoms with Crippen LogP contribution in [0.3, 0.4) is 0 Å². The first-order valence-electron chi connectivity index (χ1n) is 7.63. The van der Waals surface area contributed by atoms with Gasteiger partial charge in [0, 0.05) is 5.54 Å². The van der Waals surface area contributed by atoms with Gasteiger partial charge in [0.2, 0.25) is 11.0 Å². The largest absolute Gasteiger partial charge is 0.492 e. The molecule has 1 aromatic carbocycles. The summed E-state index contributed by atoms with van der Waals surface area (Å²) in [5, 5.41) is 15.0. The number of rotatable bonds is 7. The zero-order valence-electron chi connectivity index (χ0n) is 14.3. The number of nitrogens with one attached hydrogen (secondary N) is 2. The fourth-order valence-corrected chi connectivity index (χ4v) is 3.43. The van der Waals surface area contributed by atoms with E-state index in [0.717, 1.165) is 15.8 Å². The highest BCUT2D eigenvalue weighted by Gasteiger charge is 2.15. The van der Waals surface area contributed by atoms with Crippen LogP contribution in [0.2, 0.25) is 0 Å². The van der Waals surface area contributed by atoms with E-state index in [-0.39, 0.29) is 11.4 Å². The van der Waals surface area contributed by atoms with E-state index >= 15 is 0 Å². The second kappa shape index (κ2) is 8.34. The lowest BCUT2D eigenvalue weighted by Crippen LogP contribution is -2.41. The number of carbonyl (C=O) groups excluding carboxylic acids is 1. The molecule has 0 bridgehead atoms. The molecule has 0 unspecified atom stereocenters. The molecule has 0 fully saturated rings. The minimum atomic E-state index is -0.228. The molecule has 0 saturated carbocycles. The summed E-state index contributed by atoms with van der Waals surface area (Å²) in [5.74, 6) is 1.08. The summed E-state index contributed by atoms with van der Waals surface area (Å²) in [7, 11) is 0. The van der Waals surface area contributed by atoms with Gasteiger partial charge in [0.05, 0.1) is 18.0 Å². The number of amides is 1. The minimum absolute atomic E-state index is 0.0149. The third-order valence-electron chi connectivity index (χ3n) is 2.68. The molecule has 8 heteroatoms. The highest BCUT2D eigenvalue weighted by Crippen LogP contribution is 2.31. The summed E-state index contributed by atoms with van der Waals surface area (Å²) in [5.41, 5.74) is 0.617. The molecule has 2 rings (SSSR count). The Morgan fingerprint density at radius 1 is 1.29 bits per heavy atom. The van der Waals surface area contributed by atoms with Gasteiger partial charge in [-0.1, -0.05) is 35.2 Å². The molecule has 6 nitrogen and oxygen atoms in total. The molecule has 2 N–H and O–H groups in total. The van der Waals surface area contributed by atoms with Gasteiger partial charge in [0.15, 0.2) is 4.34 Å². The van der Waals surface area contributed by atoms with Crippen molar-refractivity contribution in [2.24, 2.45) is 0 Å². The average Bonchev–Trinajstić information content (AvgIpc) is 2.93. The van der Waals surface area contributed by atoms with Crippen LogP contribution in [0.25, 0.3) is 0 Å². The number of hydrogen-bond acceptors (Lipinski definition) is 7. The number of thioether (sulfide) groups is 1. The van der Waals surface area contributed by atoms with E-state index in [1.54, 1.807) is 0 Å². The Morgan fingerprint density at radius 2 is 2.04 bits per heavy atom. The third kappa shape index (κ3) is 6.01. The van der Waals surface area contributed by atoms with Crippen LogP contribution in [0.4, 0.5) is 10.8 Å². The van der Waals surface area contributed by atoms with Crippen molar-refractivity contribution in [3.05, 3.63) is 24.3 Å². The predicted octanol–water partition coefficient (Wildman–Crippen LogP) is 3.69. The second-order valence-electron chi connectivity index (χ2n) is 6.01. The first-order valence-corrected chi connectivity index (χ1v) is 9.44. The highest BCUT2D eigenvalue weighted by atomic mass is 32.2. The maximum absolute atomic E-state index is 11.8. The van der Waals surface area contributed by atoms with Crippen LogP contribution in [0.1, 0.15) is 27.7 Å². The van der Waals surface area contributed by atoms with E-state index in [1.807, 2.05) is 52.0 Å². The number of anilines is 2. The van der Waals surface area contributed by atoms with Crippen LogP contribution >= 0.6 is 23.1 Å². The average molecular weight is 367 g/mol. The number of aromatic nitrogens is 2. The summed E-state index contributed by atoms with van der Waals surface area (Å²) in [6.07, 6.45) is 0. The van der Waals surface area contributed by atoms with Crippen LogP contribution < -0.4 is 15.4 Å². The van der Waals surface area contributed by atoms with E-state index in [2.05, 4.69) is 20.8 Å². The van der Waals surface area contributed by atoms with Crippen molar-refractivity contribution in [3.8, 4) is 5.75 Å². The maximum atomic E-state index is 11.8. The van der Waals surface area contributed by atoms with Crippen molar-refractivity contribution in [1.29, 1.82) is 0 Å². The molecule has 0 radical (unpaired) electrons. The number of ether oxygens (including phenoxy) is 1. The Kier molecular flexibility index (Phi) is 6.44. The highest BCUT2D eigenvalue weighted by molar-refractivity contribution is 8.01. The van der Waals surface area contributed by atoms with Crippen LogP contribution in [-0.2, 0) is 4.79 Å². The van der Waals surface area contributed by atoms with Gasteiger partial charge in [-0.2, -0.15) is 0 Å². The lowest BCUT2D eigenvalue weighted by molar-refractivity contribution is -0.119. The molecule has 2 aromatic rings. The molecule has 0 aliphatic heterocycles. The topological polar surface area (TPSA) is 76.1 Å². The number of para-hydroxylation sites is 2. The van der Waals surface area contributed by atoms with Gasteiger partial charge in [0.25, 0.3) is 0 Å². The fraction of sp³-hybridized carbons (Fsp3) is 0.438. The number of hydrogen-bond donors (Lipinski definition) is 2. The number of nitrogens with zero attached hydrogens (tertiary/aromatic N) is 2. The van der Waals surface area contributed by atoms with Gasteiger partial charge in [-0.3, -0.25) is 4.79 Å². The molecule has 0 saturated heterocycles. The monoisotopic (exact) mass is 366 g/mol. The van der Waals surface area contributed by atoms with Crippen molar-refractivity contribution in [2.45, 2.75) is 37.6 Å². The van der Waals surface area contributed by atoms with Crippen molar-refractivity contribution in [3.63, 3.8) is 0 Å². The van der Waals surface area contributed by atoms with Crippen molar-refractivity contribution < 1.29 is 9.53 Å². The lowest BCUT2D eigenvalue weighted by atomic mass is 10.1. The normalized spacial score (nSPS) is 11.2. The number of benzene rings is 1. The molecule has 1 amide bonds. The molecular formula is C16H22N4O2S2. The molecule has 0 spiro atoms. The fourth-order valence-electron chi connectivity index (χ4n) is 1.87. The molecule has 0 atom stereocenters. The van der Waals surface area contributed by atoms with E-state index in [4.69, 9.17) is 4.74 Å². The summed E-state index contributed by atoms with van der Waals surface area (Å²) < 4.78 is 6.32. The maximum Gasteiger partial charge on any atom is 0.230 e. The van der Waals surface area contributed by atoms with Gasteiger partial charge in [-0.05, 0) is 39.8 Å². The molecule has 0 aliphatic carbocycles. The Morgan fingerprint density at radius 3 is 2.75 bits per heavy atom. The van der Waals surface area contributed by atoms with Crippen molar-refractivity contribution in [1.82, 2.24) is 15.5 Å². The zero-order chi connectivity index (χ0) is 17.6. The molecule has 1 heterocycles. The van der Waals surface area contributed by atoms with E-state index in [1.165, 1.54) is 23.1 Å². The minimum Gasteiger partial charge on any atom is -0.492 e. The van der Waals surface area contributed by atoms with Crippen molar-refractivity contribution in [2.75, 3.05) is 17.7 Å². The van der Waals surface area contributed by atoms with Gasteiger partial charge in [-0.25, -0.2) is 0 Å². The summed E-state index contributed by atoms with van der Waals surface area (Å²) in [4.78, 5) is 11.8. The van der Waals surface area contributed by atoms with Crippen LogP contribution in [0, 0.1) is 0 Å². The summed E-state index contributed by atoms with van der Waals surface area (Å²) in [6.45, 7) is 8.41. The summed E-state index contributed by atoms with van der Waals surface area (Å²) in [6, 6.07) is 7.68. The quantitative estimate of drug-likeness (QED) is 0.728. The van der Waals surface area contributed by atoms with Gasteiger partial charge in [-0.15, -0.1) is 10.2 Å². The Hall–Kier alpha value is -1.80. The Bertz CT molecular complexity index is 683. The van der Waals surface area contributed by atoms with E-state index in [0.29, 0.717) is 17.5 Å². The van der Waals surface area contributed by atoms with Gasteiger partial charge in [0.1, 0.15) is 5.75 Å². The van der Waals surface area contributed by atoms with E-state index < -0.39 is 0 Å². The number of carbonyl (C=O) groups is 1. The predicted molar refractivity (Wildman–Crippen MR) is 99.4 cm³/mol. The Balaban J connectivity index is 1.93. The Labute approximate surface area is 150 Å². The molecule has 130 valence electrons. The van der Waals surface area contributed by atoms with Crippen LogP contribution in [0.5, 0.6) is 5.75 Å².